The summed E-state index contributed by atoms with van der Waals surface area (Å²) in [4.78, 5) is 10.3. The molecule has 0 saturated carbocycles. The molecule has 0 saturated heterocycles. The van der Waals surface area contributed by atoms with Crippen LogP contribution in [0.5, 0.6) is 0 Å². The highest BCUT2D eigenvalue weighted by Gasteiger charge is 1.99. The van der Waals surface area contributed by atoms with Crippen LogP contribution in [0.4, 0.5) is 0 Å². The molecule has 0 amide bonds. The molecule has 0 heterocycles. The first-order chi connectivity index (χ1) is 4.18. The summed E-state index contributed by atoms with van der Waals surface area (Å²) in [7, 11) is 0. The highest BCUT2D eigenvalue weighted by atomic mass is 35.5. The third-order valence-electron chi connectivity index (χ3n) is 1.11. The summed E-state index contributed by atoms with van der Waals surface area (Å²) in [6.07, 6.45) is 2.80. The predicted molar refractivity (Wildman–Crippen MR) is 39.5 cm³/mol. The zero-order chi connectivity index (χ0) is 7.28. The van der Waals surface area contributed by atoms with Gasteiger partial charge in [-0.25, -0.2) is 0 Å². The second-order valence-corrected chi connectivity index (χ2v) is 2.32. The van der Waals surface area contributed by atoms with Crippen LogP contribution in [0.1, 0.15) is 26.2 Å². The first-order valence-electron chi connectivity index (χ1n) is 3.06. The van der Waals surface area contributed by atoms with Gasteiger partial charge in [-0.05, 0) is 24.4 Å². The molecule has 0 spiro atoms. The van der Waals surface area contributed by atoms with E-state index in [1.807, 2.05) is 0 Å². The molecule has 0 aliphatic carbocycles. The van der Waals surface area contributed by atoms with Crippen LogP contribution >= 0.6 is 11.6 Å². The van der Waals surface area contributed by atoms with Crippen molar-refractivity contribution in [3.05, 3.63) is 12.2 Å². The van der Waals surface area contributed by atoms with Gasteiger partial charge in [-0.2, -0.15) is 0 Å². The van der Waals surface area contributed by atoms with Gasteiger partial charge in [-0.1, -0.05) is 19.9 Å². The Kier molecular flexibility index (Phi) is 4.41. The van der Waals surface area contributed by atoms with E-state index in [1.54, 1.807) is 0 Å². The summed E-state index contributed by atoms with van der Waals surface area (Å²) in [6, 6.07) is 0. The standard InChI is InChI=1S/C7H11ClO/c1-3-4-5-6(2)7(8)9/h2-5H2,1H3. The maximum atomic E-state index is 10.3. The minimum atomic E-state index is -0.400. The van der Waals surface area contributed by atoms with Crippen LogP contribution in [-0.4, -0.2) is 5.24 Å². The summed E-state index contributed by atoms with van der Waals surface area (Å²) in [5, 5.41) is -0.400. The maximum absolute atomic E-state index is 10.3. The number of rotatable bonds is 4. The lowest BCUT2D eigenvalue weighted by Crippen LogP contribution is -1.90. The minimum Gasteiger partial charge on any atom is -0.276 e. The summed E-state index contributed by atoms with van der Waals surface area (Å²) < 4.78 is 0. The largest absolute Gasteiger partial charge is 0.276 e. The van der Waals surface area contributed by atoms with Crippen molar-refractivity contribution in [1.82, 2.24) is 0 Å². The molecule has 0 aliphatic rings. The molecule has 0 rings (SSSR count). The van der Waals surface area contributed by atoms with Crippen LogP contribution in [0.2, 0.25) is 0 Å². The topological polar surface area (TPSA) is 17.1 Å². The molecule has 0 unspecified atom stereocenters. The van der Waals surface area contributed by atoms with Gasteiger partial charge in [0.1, 0.15) is 0 Å². The van der Waals surface area contributed by atoms with Gasteiger partial charge in [0.05, 0.1) is 0 Å². The van der Waals surface area contributed by atoms with Gasteiger partial charge in [-0.3, -0.25) is 4.79 Å². The van der Waals surface area contributed by atoms with E-state index < -0.39 is 5.24 Å². The van der Waals surface area contributed by atoms with Crippen molar-refractivity contribution in [1.29, 1.82) is 0 Å². The second kappa shape index (κ2) is 4.57. The lowest BCUT2D eigenvalue weighted by atomic mass is 10.1. The van der Waals surface area contributed by atoms with Gasteiger partial charge >= 0.3 is 0 Å². The van der Waals surface area contributed by atoms with E-state index in [0.717, 1.165) is 19.3 Å². The van der Waals surface area contributed by atoms with Crippen LogP contribution in [0.25, 0.3) is 0 Å². The Labute approximate surface area is 60.7 Å². The zero-order valence-corrected chi connectivity index (χ0v) is 6.37. The molecular formula is C7H11ClO. The molecule has 0 aliphatic heterocycles. The minimum absolute atomic E-state index is 0.400. The number of hydrogen-bond acceptors (Lipinski definition) is 1. The van der Waals surface area contributed by atoms with Crippen LogP contribution in [-0.2, 0) is 4.79 Å². The van der Waals surface area contributed by atoms with E-state index in [-0.39, 0.29) is 0 Å². The van der Waals surface area contributed by atoms with Crippen molar-refractivity contribution in [2.45, 2.75) is 26.2 Å². The third-order valence-corrected chi connectivity index (χ3v) is 1.38. The van der Waals surface area contributed by atoms with Gasteiger partial charge in [0.25, 0.3) is 0 Å². The molecular weight excluding hydrogens is 136 g/mol. The van der Waals surface area contributed by atoms with Crippen molar-refractivity contribution in [3.63, 3.8) is 0 Å². The zero-order valence-electron chi connectivity index (χ0n) is 5.61. The van der Waals surface area contributed by atoms with Crippen molar-refractivity contribution >= 4 is 16.8 Å². The Hall–Kier alpha value is -0.300. The Morgan fingerprint density at radius 3 is 2.56 bits per heavy atom. The van der Waals surface area contributed by atoms with E-state index >= 15 is 0 Å². The Morgan fingerprint density at radius 2 is 2.22 bits per heavy atom. The molecule has 0 bridgehead atoms. The van der Waals surface area contributed by atoms with Crippen molar-refractivity contribution in [2.75, 3.05) is 0 Å². The van der Waals surface area contributed by atoms with Crippen LogP contribution in [0.3, 0.4) is 0 Å². The normalized spacial score (nSPS) is 9.11. The van der Waals surface area contributed by atoms with Gasteiger partial charge in [0, 0.05) is 5.57 Å². The van der Waals surface area contributed by atoms with E-state index in [4.69, 9.17) is 11.6 Å². The fourth-order valence-electron chi connectivity index (χ4n) is 0.488. The van der Waals surface area contributed by atoms with Crippen molar-refractivity contribution < 1.29 is 4.79 Å². The molecule has 0 N–H and O–H groups in total. The van der Waals surface area contributed by atoms with Crippen LogP contribution in [0.15, 0.2) is 12.2 Å². The van der Waals surface area contributed by atoms with Crippen LogP contribution < -0.4 is 0 Å². The fourth-order valence-corrected chi connectivity index (χ4v) is 0.583. The first-order valence-corrected chi connectivity index (χ1v) is 3.44. The van der Waals surface area contributed by atoms with Crippen LogP contribution in [0, 0.1) is 0 Å². The van der Waals surface area contributed by atoms with E-state index in [1.165, 1.54) is 0 Å². The number of hydrogen-bond donors (Lipinski definition) is 0. The summed E-state index contributed by atoms with van der Waals surface area (Å²) >= 11 is 5.13. The van der Waals surface area contributed by atoms with Gasteiger partial charge in [-0.15, -0.1) is 0 Å². The molecule has 1 nitrogen and oxygen atoms in total. The lowest BCUT2D eigenvalue weighted by Gasteiger charge is -1.94. The van der Waals surface area contributed by atoms with E-state index in [9.17, 15) is 4.79 Å². The fraction of sp³-hybridized carbons (Fsp3) is 0.571. The second-order valence-electron chi connectivity index (χ2n) is 1.98. The molecule has 0 aromatic heterocycles. The molecule has 2 heteroatoms. The Balaban J connectivity index is 3.39. The molecule has 0 fully saturated rings. The first kappa shape index (κ1) is 8.70. The van der Waals surface area contributed by atoms with Gasteiger partial charge in [0.2, 0.25) is 5.24 Å². The van der Waals surface area contributed by atoms with Crippen molar-refractivity contribution in [3.8, 4) is 0 Å². The highest BCUT2D eigenvalue weighted by molar-refractivity contribution is 6.67. The number of carbonyl (C=O) groups excluding carboxylic acids is 1. The Morgan fingerprint density at radius 1 is 1.67 bits per heavy atom. The number of unbranched alkanes of at least 4 members (excludes halogenated alkanes) is 1. The van der Waals surface area contributed by atoms with Crippen molar-refractivity contribution in [2.24, 2.45) is 0 Å². The highest BCUT2D eigenvalue weighted by Crippen LogP contribution is 2.07. The predicted octanol–water partition coefficient (Wildman–Crippen LogP) is 2.50. The molecule has 0 aromatic carbocycles. The number of halogens is 1. The SMILES string of the molecule is C=C(CCCC)C(=O)Cl. The molecule has 9 heavy (non-hydrogen) atoms. The smallest absolute Gasteiger partial charge is 0.247 e. The quantitative estimate of drug-likeness (QED) is 0.440. The average molecular weight is 147 g/mol. The van der Waals surface area contributed by atoms with E-state index in [0.29, 0.717) is 5.57 Å². The van der Waals surface area contributed by atoms with Gasteiger partial charge < -0.3 is 0 Å². The van der Waals surface area contributed by atoms with E-state index in [2.05, 4.69) is 13.5 Å². The monoisotopic (exact) mass is 146 g/mol. The third kappa shape index (κ3) is 4.22. The van der Waals surface area contributed by atoms with Gasteiger partial charge in [0.15, 0.2) is 0 Å². The number of allylic oxidation sites excluding steroid dienone is 1. The lowest BCUT2D eigenvalue weighted by molar-refractivity contribution is -0.108. The summed E-state index contributed by atoms with van der Waals surface area (Å²) in [5.74, 6) is 0. The average Bonchev–Trinajstić information content (AvgIpc) is 1.82. The molecule has 52 valence electrons. The molecule has 0 radical (unpaired) electrons. The summed E-state index contributed by atoms with van der Waals surface area (Å²) in [5.41, 5.74) is 0.526. The molecule has 0 atom stereocenters. The summed E-state index contributed by atoms with van der Waals surface area (Å²) in [6.45, 7) is 5.57. The molecule has 0 aromatic rings. The maximum Gasteiger partial charge on any atom is 0.247 e. The number of carbonyl (C=O) groups is 1. The Bertz CT molecular complexity index is 118.